The maximum atomic E-state index is 12.6. The van der Waals surface area contributed by atoms with E-state index < -0.39 is 0 Å². The number of benzene rings is 3. The molecule has 0 unspecified atom stereocenters. The lowest BCUT2D eigenvalue weighted by atomic mass is 10.0. The number of rotatable bonds is 1. The number of para-hydroxylation sites is 2. The van der Waals surface area contributed by atoms with Crippen LogP contribution in [0, 0.1) is 6.92 Å². The second-order valence-electron chi connectivity index (χ2n) is 6.31. The number of H-pyrrole nitrogens is 1. The van der Waals surface area contributed by atoms with Crippen molar-refractivity contribution in [3.8, 4) is 16.8 Å². The van der Waals surface area contributed by atoms with E-state index in [1.165, 1.54) is 5.56 Å². The molecule has 0 saturated carbocycles. The lowest BCUT2D eigenvalue weighted by Crippen LogP contribution is -2.14. The number of aromatic amines is 1. The number of imidazole rings is 1. The zero-order valence-electron chi connectivity index (χ0n) is 13.7. The van der Waals surface area contributed by atoms with E-state index in [1.54, 1.807) is 4.57 Å². The summed E-state index contributed by atoms with van der Waals surface area (Å²) in [5.74, 6) is 0. The topological polar surface area (TPSA) is 50.1 Å². The minimum absolute atomic E-state index is 0.143. The van der Waals surface area contributed by atoms with Gasteiger partial charge in [0.05, 0.1) is 22.4 Å². The van der Waals surface area contributed by atoms with Crippen LogP contribution in [0.4, 0.5) is 5.69 Å². The van der Waals surface area contributed by atoms with Crippen molar-refractivity contribution >= 4 is 22.9 Å². The Balaban J connectivity index is 1.89. The Morgan fingerprint density at radius 3 is 2.72 bits per heavy atom. The summed E-state index contributed by atoms with van der Waals surface area (Å²) in [5, 5.41) is 0. The Morgan fingerprint density at radius 2 is 1.84 bits per heavy atom. The van der Waals surface area contributed by atoms with Gasteiger partial charge in [-0.15, -0.1) is 0 Å². The molecule has 0 atom stereocenters. The van der Waals surface area contributed by atoms with Crippen LogP contribution >= 0.6 is 0 Å². The number of hydrogen-bond acceptors (Lipinski definition) is 2. The van der Waals surface area contributed by atoms with Crippen LogP contribution in [0.15, 0.2) is 70.5 Å². The first-order valence-electron chi connectivity index (χ1n) is 8.20. The van der Waals surface area contributed by atoms with E-state index in [2.05, 4.69) is 36.2 Å². The summed E-state index contributed by atoms with van der Waals surface area (Å²) >= 11 is 0. The van der Waals surface area contributed by atoms with Gasteiger partial charge < -0.3 is 4.98 Å². The third-order valence-corrected chi connectivity index (χ3v) is 4.65. The van der Waals surface area contributed by atoms with Crippen molar-refractivity contribution in [1.29, 1.82) is 0 Å². The van der Waals surface area contributed by atoms with Crippen LogP contribution in [0.25, 0.3) is 27.8 Å². The lowest BCUT2D eigenvalue weighted by molar-refractivity contribution is 1.02. The normalized spacial score (nSPS) is 12.2. The summed E-state index contributed by atoms with van der Waals surface area (Å²) in [4.78, 5) is 20.3. The summed E-state index contributed by atoms with van der Waals surface area (Å²) in [5.41, 5.74) is 7.41. The van der Waals surface area contributed by atoms with E-state index >= 15 is 0 Å². The van der Waals surface area contributed by atoms with E-state index in [-0.39, 0.29) is 5.69 Å². The van der Waals surface area contributed by atoms with Crippen LogP contribution in [0.3, 0.4) is 0 Å². The predicted molar refractivity (Wildman–Crippen MR) is 101 cm³/mol. The van der Waals surface area contributed by atoms with Gasteiger partial charge in [0.1, 0.15) is 0 Å². The SMILES string of the molecule is Cc1cccc(-c2cccc3c2N=Cc2cccc4[nH]c(=O)n-3c24)c1. The number of nitrogens with zero attached hydrogens (tertiary/aromatic N) is 2. The third-order valence-electron chi connectivity index (χ3n) is 4.65. The quantitative estimate of drug-likeness (QED) is 0.489. The van der Waals surface area contributed by atoms with Crippen LogP contribution < -0.4 is 5.69 Å². The van der Waals surface area contributed by atoms with Crippen molar-refractivity contribution in [1.82, 2.24) is 9.55 Å². The Labute approximate surface area is 144 Å². The Morgan fingerprint density at radius 1 is 1.00 bits per heavy atom. The third kappa shape index (κ3) is 2.01. The molecule has 3 aromatic carbocycles. The fraction of sp³-hybridized carbons (Fsp3) is 0.0476. The molecule has 1 aliphatic rings. The van der Waals surface area contributed by atoms with Gasteiger partial charge in [0.2, 0.25) is 0 Å². The lowest BCUT2D eigenvalue weighted by Gasteiger charge is -2.11. The Hall–Kier alpha value is -3.40. The number of nitrogens with one attached hydrogen (secondary N) is 1. The predicted octanol–water partition coefficient (Wildman–Crippen LogP) is 4.36. The zero-order chi connectivity index (χ0) is 17.0. The van der Waals surface area contributed by atoms with Gasteiger partial charge in [-0.1, -0.05) is 54.1 Å². The van der Waals surface area contributed by atoms with Gasteiger partial charge in [-0.3, -0.25) is 9.56 Å². The first kappa shape index (κ1) is 14.0. The second kappa shape index (κ2) is 5.05. The molecule has 0 spiro atoms. The van der Waals surface area contributed by atoms with Crippen LogP contribution in [0.5, 0.6) is 0 Å². The molecule has 4 nitrogen and oxygen atoms in total. The highest BCUT2D eigenvalue weighted by atomic mass is 16.1. The summed E-state index contributed by atoms with van der Waals surface area (Å²) in [6.07, 6.45) is 1.84. The van der Waals surface area contributed by atoms with Gasteiger partial charge in [0.25, 0.3) is 0 Å². The first-order chi connectivity index (χ1) is 12.2. The Bertz CT molecular complexity index is 1230. The molecular formula is C21H15N3O. The van der Waals surface area contributed by atoms with Crippen molar-refractivity contribution in [2.24, 2.45) is 4.99 Å². The largest absolute Gasteiger partial charge is 0.331 e. The van der Waals surface area contributed by atoms with E-state index in [0.717, 1.165) is 39.1 Å². The molecular weight excluding hydrogens is 310 g/mol. The van der Waals surface area contributed by atoms with Crippen molar-refractivity contribution in [2.75, 3.05) is 0 Å². The minimum Gasteiger partial charge on any atom is -0.305 e. The monoisotopic (exact) mass is 325 g/mol. The fourth-order valence-electron chi connectivity index (χ4n) is 3.55. The maximum Gasteiger partial charge on any atom is 0.331 e. The molecule has 1 aliphatic heterocycles. The van der Waals surface area contributed by atoms with Crippen LogP contribution in [-0.4, -0.2) is 15.8 Å². The summed E-state index contributed by atoms with van der Waals surface area (Å²) in [6, 6.07) is 20.1. The number of aliphatic imine (C=N–C) groups is 1. The number of aryl methyl sites for hydroxylation is 1. The summed E-state index contributed by atoms with van der Waals surface area (Å²) in [6.45, 7) is 2.07. The van der Waals surface area contributed by atoms with Gasteiger partial charge in [0.15, 0.2) is 0 Å². The van der Waals surface area contributed by atoms with Crippen LogP contribution in [-0.2, 0) is 0 Å². The molecule has 2 heterocycles. The van der Waals surface area contributed by atoms with Crippen LogP contribution in [0.1, 0.15) is 11.1 Å². The molecule has 0 fully saturated rings. The van der Waals surface area contributed by atoms with Gasteiger partial charge >= 0.3 is 5.69 Å². The van der Waals surface area contributed by atoms with E-state index in [4.69, 9.17) is 4.99 Å². The maximum absolute atomic E-state index is 12.6. The average molecular weight is 325 g/mol. The van der Waals surface area contributed by atoms with E-state index in [0.29, 0.717) is 0 Å². The number of aromatic nitrogens is 2. The van der Waals surface area contributed by atoms with Gasteiger partial charge in [0, 0.05) is 17.3 Å². The summed E-state index contributed by atoms with van der Waals surface area (Å²) in [7, 11) is 0. The minimum atomic E-state index is -0.143. The molecule has 4 aromatic rings. The van der Waals surface area contributed by atoms with Crippen LogP contribution in [0.2, 0.25) is 0 Å². The molecule has 0 amide bonds. The van der Waals surface area contributed by atoms with Gasteiger partial charge in [-0.2, -0.15) is 0 Å². The molecule has 0 aliphatic carbocycles. The van der Waals surface area contributed by atoms with Gasteiger partial charge in [-0.25, -0.2) is 4.79 Å². The molecule has 5 rings (SSSR count). The first-order valence-corrected chi connectivity index (χ1v) is 8.20. The molecule has 120 valence electrons. The summed E-state index contributed by atoms with van der Waals surface area (Å²) < 4.78 is 1.73. The van der Waals surface area contributed by atoms with E-state index in [1.807, 2.05) is 42.6 Å². The van der Waals surface area contributed by atoms with Crippen molar-refractivity contribution < 1.29 is 0 Å². The molecule has 4 heteroatoms. The zero-order valence-corrected chi connectivity index (χ0v) is 13.7. The van der Waals surface area contributed by atoms with Crippen molar-refractivity contribution in [3.05, 3.63) is 82.3 Å². The average Bonchev–Trinajstić information content (AvgIpc) is 2.85. The molecule has 1 aromatic heterocycles. The van der Waals surface area contributed by atoms with E-state index in [9.17, 15) is 4.79 Å². The van der Waals surface area contributed by atoms with Crippen molar-refractivity contribution in [3.63, 3.8) is 0 Å². The standard InChI is InChI=1S/C21H15N3O/c1-13-5-2-6-14(11-13)16-8-4-10-18-19(16)22-12-15-7-3-9-17-20(15)24(18)21(25)23-17/h2-12H,1H3,(H,23,25). The highest BCUT2D eigenvalue weighted by Crippen LogP contribution is 2.38. The highest BCUT2D eigenvalue weighted by molar-refractivity contribution is 6.02. The molecule has 25 heavy (non-hydrogen) atoms. The molecule has 0 radical (unpaired) electrons. The molecule has 0 saturated heterocycles. The molecule has 1 N–H and O–H groups in total. The Kier molecular flexibility index (Phi) is 2.82. The molecule has 0 bridgehead atoms. The smallest absolute Gasteiger partial charge is 0.305 e. The number of fused-ring (bicyclic) bond motifs is 2. The fourth-order valence-corrected chi connectivity index (χ4v) is 3.55. The van der Waals surface area contributed by atoms with Gasteiger partial charge in [-0.05, 0) is 24.6 Å². The number of hydrogen-bond donors (Lipinski definition) is 1. The van der Waals surface area contributed by atoms with Crippen molar-refractivity contribution in [2.45, 2.75) is 6.92 Å². The highest BCUT2D eigenvalue weighted by Gasteiger charge is 2.19. The second-order valence-corrected chi connectivity index (χ2v) is 6.31.